The lowest BCUT2D eigenvalue weighted by molar-refractivity contribution is 0.475. The first-order valence-electron chi connectivity index (χ1n) is 4.80. The SMILES string of the molecule is NCc1ccc(Cc2ccc(Br)cc2)o1. The van der Waals surface area contributed by atoms with Crippen molar-refractivity contribution in [2.75, 3.05) is 0 Å². The first-order chi connectivity index (χ1) is 7.28. The molecule has 0 aliphatic rings. The summed E-state index contributed by atoms with van der Waals surface area (Å²) in [5.74, 6) is 1.79. The molecule has 2 N–H and O–H groups in total. The van der Waals surface area contributed by atoms with Gasteiger partial charge in [0.25, 0.3) is 0 Å². The number of benzene rings is 1. The van der Waals surface area contributed by atoms with Crippen LogP contribution in [0.4, 0.5) is 0 Å². The molecule has 1 aromatic carbocycles. The molecule has 2 aromatic rings. The predicted molar refractivity (Wildman–Crippen MR) is 63.5 cm³/mol. The maximum Gasteiger partial charge on any atom is 0.117 e. The molecule has 1 heterocycles. The number of hydrogen-bond acceptors (Lipinski definition) is 2. The highest BCUT2D eigenvalue weighted by Gasteiger charge is 2.01. The molecule has 3 heteroatoms. The third-order valence-electron chi connectivity index (χ3n) is 2.21. The van der Waals surface area contributed by atoms with Gasteiger partial charge >= 0.3 is 0 Å². The van der Waals surface area contributed by atoms with Crippen molar-refractivity contribution in [1.82, 2.24) is 0 Å². The van der Waals surface area contributed by atoms with Crippen molar-refractivity contribution < 1.29 is 4.42 Å². The third kappa shape index (κ3) is 2.70. The Kier molecular flexibility index (Phi) is 3.23. The number of rotatable bonds is 3. The molecule has 15 heavy (non-hydrogen) atoms. The van der Waals surface area contributed by atoms with Crippen LogP contribution in [-0.4, -0.2) is 0 Å². The molecule has 2 nitrogen and oxygen atoms in total. The van der Waals surface area contributed by atoms with Gasteiger partial charge in [-0.05, 0) is 29.8 Å². The molecule has 0 atom stereocenters. The summed E-state index contributed by atoms with van der Waals surface area (Å²) < 4.78 is 6.62. The molecule has 0 aliphatic carbocycles. The Bertz CT molecular complexity index is 433. The van der Waals surface area contributed by atoms with Crippen molar-refractivity contribution >= 4 is 15.9 Å². The summed E-state index contributed by atoms with van der Waals surface area (Å²) in [5.41, 5.74) is 6.71. The Hall–Kier alpha value is -1.06. The average Bonchev–Trinajstić information content (AvgIpc) is 2.69. The van der Waals surface area contributed by atoms with Crippen LogP contribution in [0.1, 0.15) is 17.1 Å². The molecule has 1 aromatic heterocycles. The van der Waals surface area contributed by atoms with Gasteiger partial charge in [0.1, 0.15) is 11.5 Å². The van der Waals surface area contributed by atoms with E-state index < -0.39 is 0 Å². The topological polar surface area (TPSA) is 39.2 Å². The molecule has 0 fully saturated rings. The van der Waals surface area contributed by atoms with Crippen LogP contribution >= 0.6 is 15.9 Å². The van der Waals surface area contributed by atoms with Crippen LogP contribution in [-0.2, 0) is 13.0 Å². The molecule has 0 saturated carbocycles. The van der Waals surface area contributed by atoms with E-state index in [1.165, 1.54) is 5.56 Å². The van der Waals surface area contributed by atoms with Crippen molar-refractivity contribution in [2.24, 2.45) is 5.73 Å². The van der Waals surface area contributed by atoms with Gasteiger partial charge in [-0.3, -0.25) is 0 Å². The summed E-state index contributed by atoms with van der Waals surface area (Å²) in [5, 5.41) is 0. The van der Waals surface area contributed by atoms with Gasteiger partial charge in [-0.15, -0.1) is 0 Å². The summed E-state index contributed by atoms with van der Waals surface area (Å²) in [6, 6.07) is 12.1. The van der Waals surface area contributed by atoms with E-state index in [2.05, 4.69) is 28.1 Å². The molecule has 2 rings (SSSR count). The summed E-state index contributed by atoms with van der Waals surface area (Å²) in [6.07, 6.45) is 0.813. The summed E-state index contributed by atoms with van der Waals surface area (Å²) in [4.78, 5) is 0. The number of hydrogen-bond donors (Lipinski definition) is 1. The Balaban J connectivity index is 2.11. The standard InChI is InChI=1S/C12H12BrNO/c13-10-3-1-9(2-4-10)7-11-5-6-12(8-14)15-11/h1-6H,7-8,14H2. The highest BCUT2D eigenvalue weighted by atomic mass is 79.9. The van der Waals surface area contributed by atoms with Gasteiger partial charge in [-0.1, -0.05) is 28.1 Å². The minimum Gasteiger partial charge on any atom is -0.464 e. The Morgan fingerprint density at radius 2 is 1.67 bits per heavy atom. The number of nitrogens with two attached hydrogens (primary N) is 1. The average molecular weight is 266 g/mol. The van der Waals surface area contributed by atoms with Gasteiger partial charge in [0.15, 0.2) is 0 Å². The van der Waals surface area contributed by atoms with Crippen LogP contribution in [0, 0.1) is 0 Å². The molecule has 78 valence electrons. The second kappa shape index (κ2) is 4.64. The van der Waals surface area contributed by atoms with Crippen LogP contribution in [0.25, 0.3) is 0 Å². The van der Waals surface area contributed by atoms with Crippen LogP contribution in [0.5, 0.6) is 0 Å². The molecule has 0 aliphatic heterocycles. The molecular weight excluding hydrogens is 254 g/mol. The summed E-state index contributed by atoms with van der Waals surface area (Å²) in [6.45, 7) is 0.459. The van der Waals surface area contributed by atoms with Crippen molar-refractivity contribution in [1.29, 1.82) is 0 Å². The molecule has 0 bridgehead atoms. The van der Waals surface area contributed by atoms with E-state index in [1.54, 1.807) is 0 Å². The van der Waals surface area contributed by atoms with Gasteiger partial charge in [0, 0.05) is 10.9 Å². The lowest BCUT2D eigenvalue weighted by Crippen LogP contribution is -1.93. The maximum absolute atomic E-state index is 5.53. The van der Waals surface area contributed by atoms with E-state index in [0.717, 1.165) is 22.4 Å². The first-order valence-corrected chi connectivity index (χ1v) is 5.59. The van der Waals surface area contributed by atoms with Gasteiger partial charge < -0.3 is 10.2 Å². The second-order valence-electron chi connectivity index (χ2n) is 3.38. The zero-order chi connectivity index (χ0) is 10.7. The molecule has 0 unspecified atom stereocenters. The van der Waals surface area contributed by atoms with Crippen molar-refractivity contribution in [3.63, 3.8) is 0 Å². The highest BCUT2D eigenvalue weighted by molar-refractivity contribution is 9.10. The zero-order valence-electron chi connectivity index (χ0n) is 8.24. The lowest BCUT2D eigenvalue weighted by atomic mass is 10.1. The van der Waals surface area contributed by atoms with Gasteiger partial charge in [-0.2, -0.15) is 0 Å². The summed E-state index contributed by atoms with van der Waals surface area (Å²) >= 11 is 3.41. The van der Waals surface area contributed by atoms with E-state index >= 15 is 0 Å². The smallest absolute Gasteiger partial charge is 0.117 e. The van der Waals surface area contributed by atoms with Crippen molar-refractivity contribution in [3.8, 4) is 0 Å². The fraction of sp³-hybridized carbons (Fsp3) is 0.167. The van der Waals surface area contributed by atoms with Crippen LogP contribution in [0.15, 0.2) is 45.3 Å². The van der Waals surface area contributed by atoms with Crippen molar-refractivity contribution in [2.45, 2.75) is 13.0 Å². The first kappa shape index (κ1) is 10.5. The lowest BCUT2D eigenvalue weighted by Gasteiger charge is -1.98. The fourth-order valence-corrected chi connectivity index (χ4v) is 1.69. The molecular formula is C12H12BrNO. The van der Waals surface area contributed by atoms with Crippen LogP contribution < -0.4 is 5.73 Å². The van der Waals surface area contributed by atoms with Crippen LogP contribution in [0.2, 0.25) is 0 Å². The predicted octanol–water partition coefficient (Wildman–Crippen LogP) is 3.09. The largest absolute Gasteiger partial charge is 0.464 e. The number of furan rings is 1. The minimum absolute atomic E-state index is 0.459. The Labute approximate surface area is 97.2 Å². The highest BCUT2D eigenvalue weighted by Crippen LogP contribution is 2.15. The molecule has 0 saturated heterocycles. The summed E-state index contributed by atoms with van der Waals surface area (Å²) in [7, 11) is 0. The molecule has 0 amide bonds. The second-order valence-corrected chi connectivity index (χ2v) is 4.29. The molecule has 0 spiro atoms. The van der Waals surface area contributed by atoms with Crippen molar-refractivity contribution in [3.05, 3.63) is 58.0 Å². The molecule has 0 radical (unpaired) electrons. The maximum atomic E-state index is 5.53. The zero-order valence-corrected chi connectivity index (χ0v) is 9.83. The van der Waals surface area contributed by atoms with E-state index in [-0.39, 0.29) is 0 Å². The Morgan fingerprint density at radius 1 is 1.00 bits per heavy atom. The third-order valence-corrected chi connectivity index (χ3v) is 2.74. The normalized spacial score (nSPS) is 10.5. The van der Waals surface area contributed by atoms with Gasteiger partial charge in [0.05, 0.1) is 6.54 Å². The van der Waals surface area contributed by atoms with Crippen LogP contribution in [0.3, 0.4) is 0 Å². The van der Waals surface area contributed by atoms with E-state index in [1.807, 2.05) is 24.3 Å². The van der Waals surface area contributed by atoms with E-state index in [0.29, 0.717) is 6.54 Å². The Morgan fingerprint density at radius 3 is 2.27 bits per heavy atom. The quantitative estimate of drug-likeness (QED) is 0.927. The monoisotopic (exact) mass is 265 g/mol. The van der Waals surface area contributed by atoms with Gasteiger partial charge in [0.2, 0.25) is 0 Å². The number of halogens is 1. The van der Waals surface area contributed by atoms with E-state index in [9.17, 15) is 0 Å². The minimum atomic E-state index is 0.459. The van der Waals surface area contributed by atoms with E-state index in [4.69, 9.17) is 10.2 Å². The van der Waals surface area contributed by atoms with Gasteiger partial charge in [-0.25, -0.2) is 0 Å². The fourth-order valence-electron chi connectivity index (χ4n) is 1.43.